The van der Waals surface area contributed by atoms with Crippen molar-refractivity contribution >= 4 is 15.9 Å². The predicted molar refractivity (Wildman–Crippen MR) is 71.5 cm³/mol. The molecule has 0 aliphatic rings. The molecule has 0 saturated carbocycles. The molecule has 0 fully saturated rings. The molecular formula is C13H14BrF5O2. The van der Waals surface area contributed by atoms with Crippen LogP contribution in [0.25, 0.3) is 0 Å². The van der Waals surface area contributed by atoms with Gasteiger partial charge in [0, 0.05) is 0 Å². The summed E-state index contributed by atoms with van der Waals surface area (Å²) in [5.41, 5.74) is -0.246. The summed E-state index contributed by atoms with van der Waals surface area (Å²) >= 11 is 2.43. The van der Waals surface area contributed by atoms with Gasteiger partial charge in [-0.2, -0.15) is 22.0 Å². The first-order valence-electron chi connectivity index (χ1n) is 6.13. The molecule has 1 rings (SSSR count). The Balaban J connectivity index is 3.16. The van der Waals surface area contributed by atoms with Crippen molar-refractivity contribution in [2.75, 3.05) is 13.2 Å². The molecule has 0 aliphatic carbocycles. The first-order valence-corrected chi connectivity index (χ1v) is 7.04. The Hall–Kier alpha value is -1.05. The van der Waals surface area contributed by atoms with E-state index in [0.29, 0.717) is 6.61 Å². The average molecular weight is 377 g/mol. The molecule has 0 N–H and O–H groups in total. The predicted octanol–water partition coefficient (Wildman–Crippen LogP) is 5.12. The van der Waals surface area contributed by atoms with Crippen molar-refractivity contribution in [3.8, 4) is 11.5 Å². The van der Waals surface area contributed by atoms with Crippen LogP contribution in [0.2, 0.25) is 0 Å². The highest BCUT2D eigenvalue weighted by Gasteiger charge is 2.62. The Morgan fingerprint density at radius 2 is 1.52 bits per heavy atom. The fourth-order valence-electron chi connectivity index (χ4n) is 1.58. The lowest BCUT2D eigenvalue weighted by molar-refractivity contribution is -0.281. The number of halogens is 6. The molecule has 0 spiro atoms. The molecule has 1 atom stereocenters. The summed E-state index contributed by atoms with van der Waals surface area (Å²) in [6.07, 6.45) is -5.65. The highest BCUT2D eigenvalue weighted by atomic mass is 79.9. The van der Waals surface area contributed by atoms with Crippen molar-refractivity contribution in [1.82, 2.24) is 0 Å². The summed E-state index contributed by atoms with van der Waals surface area (Å²) in [4.78, 5) is -2.21. The lowest BCUT2D eigenvalue weighted by Crippen LogP contribution is -2.39. The summed E-state index contributed by atoms with van der Waals surface area (Å²) < 4.78 is 74.2. The monoisotopic (exact) mass is 376 g/mol. The molecule has 8 heteroatoms. The van der Waals surface area contributed by atoms with Crippen molar-refractivity contribution in [2.45, 2.75) is 30.8 Å². The van der Waals surface area contributed by atoms with Crippen LogP contribution in [-0.2, 0) is 0 Å². The van der Waals surface area contributed by atoms with Gasteiger partial charge in [-0.1, -0.05) is 22.0 Å². The first kappa shape index (κ1) is 18.0. The Kier molecular flexibility index (Phi) is 5.83. The van der Waals surface area contributed by atoms with Gasteiger partial charge in [-0.25, -0.2) is 0 Å². The summed E-state index contributed by atoms with van der Waals surface area (Å²) in [6, 6.07) is 3.57. The molecule has 21 heavy (non-hydrogen) atoms. The normalized spacial score (nSPS) is 13.9. The molecule has 0 aliphatic heterocycles. The number of hydrogen-bond donors (Lipinski definition) is 0. The highest BCUT2D eigenvalue weighted by molar-refractivity contribution is 9.09. The molecule has 1 aromatic carbocycles. The van der Waals surface area contributed by atoms with Crippen molar-refractivity contribution < 1.29 is 31.4 Å². The van der Waals surface area contributed by atoms with Crippen LogP contribution in [0, 0.1) is 0 Å². The smallest absolute Gasteiger partial charge is 0.454 e. The number of benzene rings is 1. The average Bonchev–Trinajstić information content (AvgIpc) is 2.39. The molecule has 0 amide bonds. The molecular weight excluding hydrogens is 363 g/mol. The maximum absolute atomic E-state index is 13.3. The molecule has 2 nitrogen and oxygen atoms in total. The van der Waals surface area contributed by atoms with Gasteiger partial charge in [-0.05, 0) is 31.5 Å². The molecule has 1 unspecified atom stereocenters. The van der Waals surface area contributed by atoms with E-state index in [0.717, 1.165) is 12.1 Å². The Labute approximate surface area is 127 Å². The van der Waals surface area contributed by atoms with E-state index in [1.807, 2.05) is 0 Å². The van der Waals surface area contributed by atoms with Gasteiger partial charge < -0.3 is 9.47 Å². The first-order chi connectivity index (χ1) is 9.65. The number of hydrogen-bond acceptors (Lipinski definition) is 2. The second kappa shape index (κ2) is 6.81. The standard InChI is InChI=1S/C13H14BrF5O2/c1-3-20-9-6-5-8(7-10(9)21-4-2)11(14)12(15,16)13(17,18)19/h5-7,11H,3-4H2,1-2H3. The third-order valence-electron chi connectivity index (χ3n) is 2.56. The second-order valence-electron chi connectivity index (χ2n) is 4.06. The van der Waals surface area contributed by atoms with E-state index in [1.54, 1.807) is 13.8 Å². The van der Waals surface area contributed by atoms with Crippen LogP contribution in [0.15, 0.2) is 18.2 Å². The molecule has 0 radical (unpaired) electrons. The lowest BCUT2D eigenvalue weighted by atomic mass is 10.1. The number of alkyl halides is 6. The number of rotatable bonds is 6. The Morgan fingerprint density at radius 3 is 2.00 bits per heavy atom. The van der Waals surface area contributed by atoms with E-state index in [1.165, 1.54) is 6.07 Å². The van der Waals surface area contributed by atoms with Gasteiger partial charge in [0.15, 0.2) is 11.5 Å². The Bertz CT molecular complexity index is 476. The van der Waals surface area contributed by atoms with E-state index < -0.39 is 16.9 Å². The van der Waals surface area contributed by atoms with Crippen LogP contribution in [0.3, 0.4) is 0 Å². The Morgan fingerprint density at radius 1 is 1.00 bits per heavy atom. The zero-order chi connectivity index (χ0) is 16.3. The van der Waals surface area contributed by atoms with E-state index in [-0.39, 0.29) is 23.7 Å². The zero-order valence-corrected chi connectivity index (χ0v) is 12.9. The molecule has 0 bridgehead atoms. The summed E-state index contributed by atoms with van der Waals surface area (Å²) in [6.45, 7) is 3.93. The maximum Gasteiger partial charge on any atom is 0.454 e. The van der Waals surface area contributed by atoms with Gasteiger partial charge in [0.25, 0.3) is 0 Å². The lowest BCUT2D eigenvalue weighted by Gasteiger charge is -2.25. The van der Waals surface area contributed by atoms with Crippen LogP contribution in [0.4, 0.5) is 22.0 Å². The summed E-state index contributed by atoms with van der Waals surface area (Å²) in [7, 11) is 0. The van der Waals surface area contributed by atoms with Crippen LogP contribution in [0.1, 0.15) is 24.2 Å². The molecule has 120 valence electrons. The minimum Gasteiger partial charge on any atom is -0.490 e. The van der Waals surface area contributed by atoms with Crippen LogP contribution in [0.5, 0.6) is 11.5 Å². The van der Waals surface area contributed by atoms with Gasteiger partial charge in [-0.3, -0.25) is 0 Å². The highest BCUT2D eigenvalue weighted by Crippen LogP contribution is 2.49. The van der Waals surface area contributed by atoms with Crippen molar-refractivity contribution in [3.05, 3.63) is 23.8 Å². The third-order valence-corrected chi connectivity index (χ3v) is 3.66. The van der Waals surface area contributed by atoms with Gasteiger partial charge >= 0.3 is 12.1 Å². The van der Waals surface area contributed by atoms with Crippen molar-refractivity contribution in [1.29, 1.82) is 0 Å². The molecule has 1 aromatic rings. The zero-order valence-electron chi connectivity index (χ0n) is 11.3. The van der Waals surface area contributed by atoms with Crippen molar-refractivity contribution in [2.24, 2.45) is 0 Å². The van der Waals surface area contributed by atoms with Gasteiger partial charge in [0.05, 0.1) is 13.2 Å². The molecule has 0 saturated heterocycles. The van der Waals surface area contributed by atoms with Crippen LogP contribution in [-0.4, -0.2) is 25.3 Å². The van der Waals surface area contributed by atoms with Gasteiger partial charge in [0.1, 0.15) is 4.83 Å². The maximum atomic E-state index is 13.3. The van der Waals surface area contributed by atoms with Crippen molar-refractivity contribution in [3.63, 3.8) is 0 Å². The number of ether oxygens (including phenoxy) is 2. The quantitative estimate of drug-likeness (QED) is 0.506. The largest absolute Gasteiger partial charge is 0.490 e. The second-order valence-corrected chi connectivity index (χ2v) is 4.97. The fourth-order valence-corrected chi connectivity index (χ4v) is 2.12. The third kappa shape index (κ3) is 3.99. The van der Waals surface area contributed by atoms with Gasteiger partial charge in [0.2, 0.25) is 0 Å². The van der Waals surface area contributed by atoms with Crippen LogP contribution < -0.4 is 9.47 Å². The van der Waals surface area contributed by atoms with E-state index in [9.17, 15) is 22.0 Å². The minimum atomic E-state index is -5.65. The minimum absolute atomic E-state index is 0.124. The van der Waals surface area contributed by atoms with E-state index in [4.69, 9.17) is 9.47 Å². The van der Waals surface area contributed by atoms with E-state index >= 15 is 0 Å². The SMILES string of the molecule is CCOc1ccc(C(Br)C(F)(F)C(F)(F)F)cc1OCC. The summed E-state index contributed by atoms with van der Waals surface area (Å²) in [5.74, 6) is -4.48. The fraction of sp³-hybridized carbons (Fsp3) is 0.538. The topological polar surface area (TPSA) is 18.5 Å². The van der Waals surface area contributed by atoms with Crippen LogP contribution >= 0.6 is 15.9 Å². The summed E-state index contributed by atoms with van der Waals surface area (Å²) in [5, 5.41) is 0. The van der Waals surface area contributed by atoms with E-state index in [2.05, 4.69) is 15.9 Å². The molecule has 0 heterocycles. The van der Waals surface area contributed by atoms with Gasteiger partial charge in [-0.15, -0.1) is 0 Å². The molecule has 0 aromatic heterocycles.